The van der Waals surface area contributed by atoms with E-state index in [9.17, 15) is 0 Å². The van der Waals surface area contributed by atoms with Crippen molar-refractivity contribution >= 4 is 5.69 Å². The largest absolute Gasteiger partial charge is 0.489 e. The van der Waals surface area contributed by atoms with Crippen molar-refractivity contribution in [1.82, 2.24) is 4.90 Å². The summed E-state index contributed by atoms with van der Waals surface area (Å²) in [5, 5.41) is 0. The number of nitrogens with two attached hydrogens (primary N) is 1. The minimum atomic E-state index is 0.162. The SMILES string of the molecule is CC(C)Oc1ccc(CCCN2C(C)CCCC2C)cc1N. The van der Waals surface area contributed by atoms with Gasteiger partial charge in [-0.25, -0.2) is 0 Å². The maximum absolute atomic E-state index is 6.09. The average Bonchev–Trinajstić information content (AvgIpc) is 2.44. The molecule has 2 atom stereocenters. The number of nitrogen functional groups attached to an aromatic ring is 1. The number of ether oxygens (including phenoxy) is 1. The molecule has 0 aromatic heterocycles. The van der Waals surface area contributed by atoms with Gasteiger partial charge in [-0.05, 0) is 77.6 Å². The van der Waals surface area contributed by atoms with Crippen LogP contribution in [0.15, 0.2) is 18.2 Å². The molecule has 3 heteroatoms. The predicted molar refractivity (Wildman–Crippen MR) is 94.4 cm³/mol. The van der Waals surface area contributed by atoms with E-state index >= 15 is 0 Å². The number of aryl methyl sites for hydroxylation is 1. The Morgan fingerprint density at radius 2 is 1.91 bits per heavy atom. The molecule has 124 valence electrons. The quantitative estimate of drug-likeness (QED) is 0.798. The third-order valence-corrected chi connectivity index (χ3v) is 4.69. The molecule has 1 saturated heterocycles. The average molecular weight is 304 g/mol. The first-order chi connectivity index (χ1) is 10.5. The molecule has 0 radical (unpaired) electrons. The second-order valence-corrected chi connectivity index (χ2v) is 7.01. The molecule has 2 unspecified atom stereocenters. The van der Waals surface area contributed by atoms with E-state index in [0.717, 1.165) is 29.9 Å². The zero-order valence-electron chi connectivity index (χ0n) is 14.6. The lowest BCUT2D eigenvalue weighted by Crippen LogP contribution is -2.44. The van der Waals surface area contributed by atoms with Gasteiger partial charge in [0, 0.05) is 12.1 Å². The van der Waals surface area contributed by atoms with Crippen molar-refractivity contribution in [1.29, 1.82) is 0 Å². The number of rotatable bonds is 6. The normalized spacial score (nSPS) is 23.0. The fourth-order valence-electron chi connectivity index (χ4n) is 3.50. The molecule has 1 aliphatic rings. The van der Waals surface area contributed by atoms with Crippen LogP contribution in [0, 0.1) is 0 Å². The molecule has 0 saturated carbocycles. The van der Waals surface area contributed by atoms with Gasteiger partial charge >= 0.3 is 0 Å². The second-order valence-electron chi connectivity index (χ2n) is 7.01. The molecule has 0 bridgehead atoms. The number of likely N-dealkylation sites (tertiary alicyclic amines) is 1. The summed E-state index contributed by atoms with van der Waals surface area (Å²) in [5.41, 5.74) is 8.16. The third-order valence-electron chi connectivity index (χ3n) is 4.69. The van der Waals surface area contributed by atoms with Gasteiger partial charge < -0.3 is 10.5 Å². The highest BCUT2D eigenvalue weighted by molar-refractivity contribution is 5.54. The van der Waals surface area contributed by atoms with Gasteiger partial charge in [0.2, 0.25) is 0 Å². The van der Waals surface area contributed by atoms with Crippen molar-refractivity contribution in [3.8, 4) is 5.75 Å². The molecule has 1 aliphatic heterocycles. The van der Waals surface area contributed by atoms with E-state index < -0.39 is 0 Å². The third kappa shape index (κ3) is 4.64. The molecule has 1 aromatic carbocycles. The highest BCUT2D eigenvalue weighted by Crippen LogP contribution is 2.25. The summed E-state index contributed by atoms with van der Waals surface area (Å²) in [7, 11) is 0. The molecular weight excluding hydrogens is 272 g/mol. The van der Waals surface area contributed by atoms with Crippen LogP contribution in [0.3, 0.4) is 0 Å². The van der Waals surface area contributed by atoms with Crippen LogP contribution in [0.5, 0.6) is 5.75 Å². The van der Waals surface area contributed by atoms with Crippen LogP contribution in [0.25, 0.3) is 0 Å². The molecule has 0 spiro atoms. The summed E-state index contributed by atoms with van der Waals surface area (Å²) in [6.07, 6.45) is 6.51. The van der Waals surface area contributed by atoms with E-state index in [2.05, 4.69) is 30.9 Å². The predicted octanol–water partition coefficient (Wildman–Crippen LogP) is 4.25. The smallest absolute Gasteiger partial charge is 0.142 e. The summed E-state index contributed by atoms with van der Waals surface area (Å²) < 4.78 is 5.69. The minimum absolute atomic E-state index is 0.162. The molecule has 1 fully saturated rings. The summed E-state index contributed by atoms with van der Waals surface area (Å²) in [4.78, 5) is 2.67. The summed E-state index contributed by atoms with van der Waals surface area (Å²) in [5.74, 6) is 0.803. The van der Waals surface area contributed by atoms with Gasteiger partial charge in [0.05, 0.1) is 11.8 Å². The maximum Gasteiger partial charge on any atom is 0.142 e. The zero-order chi connectivity index (χ0) is 16.1. The molecule has 1 heterocycles. The van der Waals surface area contributed by atoms with E-state index in [-0.39, 0.29) is 6.10 Å². The van der Waals surface area contributed by atoms with E-state index in [4.69, 9.17) is 10.5 Å². The van der Waals surface area contributed by atoms with Crippen LogP contribution >= 0.6 is 0 Å². The van der Waals surface area contributed by atoms with Crippen LogP contribution in [0.2, 0.25) is 0 Å². The summed E-state index contributed by atoms with van der Waals surface area (Å²) >= 11 is 0. The zero-order valence-corrected chi connectivity index (χ0v) is 14.6. The van der Waals surface area contributed by atoms with Crippen molar-refractivity contribution in [2.75, 3.05) is 12.3 Å². The standard InChI is InChI=1S/C19H32N2O/c1-14(2)22-19-11-10-17(13-18(19)20)9-6-12-21-15(3)7-5-8-16(21)4/h10-11,13-16H,5-9,12,20H2,1-4H3. The molecule has 2 rings (SSSR count). The number of anilines is 1. The Morgan fingerprint density at radius 3 is 2.50 bits per heavy atom. The lowest BCUT2D eigenvalue weighted by molar-refractivity contribution is 0.102. The van der Waals surface area contributed by atoms with Gasteiger partial charge in [-0.15, -0.1) is 0 Å². The first kappa shape index (κ1) is 17.1. The highest BCUT2D eigenvalue weighted by atomic mass is 16.5. The summed E-state index contributed by atoms with van der Waals surface area (Å²) in [6.45, 7) is 9.96. The highest BCUT2D eigenvalue weighted by Gasteiger charge is 2.23. The van der Waals surface area contributed by atoms with Gasteiger partial charge in [-0.2, -0.15) is 0 Å². The van der Waals surface area contributed by atoms with Crippen LogP contribution in [-0.2, 0) is 6.42 Å². The number of hydrogen-bond donors (Lipinski definition) is 1. The van der Waals surface area contributed by atoms with Gasteiger partial charge in [0.1, 0.15) is 5.75 Å². The first-order valence-electron chi connectivity index (χ1n) is 8.78. The number of nitrogens with zero attached hydrogens (tertiary/aromatic N) is 1. The molecule has 0 aliphatic carbocycles. The lowest BCUT2D eigenvalue weighted by atomic mass is 9.97. The van der Waals surface area contributed by atoms with Gasteiger partial charge in [0.25, 0.3) is 0 Å². The minimum Gasteiger partial charge on any atom is -0.489 e. The van der Waals surface area contributed by atoms with Crippen LogP contribution in [0.4, 0.5) is 5.69 Å². The van der Waals surface area contributed by atoms with Crippen molar-refractivity contribution < 1.29 is 4.74 Å². The molecular formula is C19H32N2O. The molecule has 2 N–H and O–H groups in total. The van der Waals surface area contributed by atoms with Crippen molar-refractivity contribution in [3.63, 3.8) is 0 Å². The Balaban J connectivity index is 1.85. The Hall–Kier alpha value is -1.22. The second kappa shape index (κ2) is 7.87. The van der Waals surface area contributed by atoms with Crippen LogP contribution in [-0.4, -0.2) is 29.6 Å². The van der Waals surface area contributed by atoms with E-state index in [1.807, 2.05) is 19.9 Å². The fraction of sp³-hybridized carbons (Fsp3) is 0.684. The van der Waals surface area contributed by atoms with Crippen LogP contribution in [0.1, 0.15) is 58.9 Å². The molecule has 22 heavy (non-hydrogen) atoms. The van der Waals surface area contributed by atoms with Crippen molar-refractivity contribution in [3.05, 3.63) is 23.8 Å². The van der Waals surface area contributed by atoms with Crippen molar-refractivity contribution in [2.24, 2.45) is 0 Å². The Labute approximate surface area is 135 Å². The van der Waals surface area contributed by atoms with E-state index in [0.29, 0.717) is 0 Å². The topological polar surface area (TPSA) is 38.5 Å². The Kier molecular flexibility index (Phi) is 6.13. The van der Waals surface area contributed by atoms with Gasteiger partial charge in [0.15, 0.2) is 0 Å². The number of benzene rings is 1. The van der Waals surface area contributed by atoms with Crippen molar-refractivity contribution in [2.45, 2.75) is 78.0 Å². The number of piperidine rings is 1. The summed E-state index contributed by atoms with van der Waals surface area (Å²) in [6, 6.07) is 7.70. The van der Waals surface area contributed by atoms with E-state index in [1.165, 1.54) is 37.8 Å². The van der Waals surface area contributed by atoms with Crippen LogP contribution < -0.4 is 10.5 Å². The molecule has 1 aromatic rings. The van der Waals surface area contributed by atoms with E-state index in [1.54, 1.807) is 0 Å². The maximum atomic E-state index is 6.09. The lowest BCUT2D eigenvalue weighted by Gasteiger charge is -2.39. The Morgan fingerprint density at radius 1 is 1.23 bits per heavy atom. The molecule has 0 amide bonds. The first-order valence-corrected chi connectivity index (χ1v) is 8.78. The number of hydrogen-bond acceptors (Lipinski definition) is 3. The molecule has 3 nitrogen and oxygen atoms in total. The van der Waals surface area contributed by atoms with Gasteiger partial charge in [-0.3, -0.25) is 4.90 Å². The monoisotopic (exact) mass is 304 g/mol. The Bertz CT molecular complexity index is 463. The van der Waals surface area contributed by atoms with Gasteiger partial charge in [-0.1, -0.05) is 12.5 Å². The fourth-order valence-corrected chi connectivity index (χ4v) is 3.50.